The van der Waals surface area contributed by atoms with Crippen LogP contribution in [0.1, 0.15) is 39.4 Å². The highest BCUT2D eigenvalue weighted by Crippen LogP contribution is 2.32. The van der Waals surface area contributed by atoms with Gasteiger partial charge >= 0.3 is 0 Å². The molecule has 0 radical (unpaired) electrons. The summed E-state index contributed by atoms with van der Waals surface area (Å²) in [4.78, 5) is 0. The molecule has 0 aliphatic heterocycles. The van der Waals surface area contributed by atoms with Crippen molar-refractivity contribution in [1.29, 1.82) is 0 Å². The number of aryl methyl sites for hydroxylation is 2. The van der Waals surface area contributed by atoms with Gasteiger partial charge in [0, 0.05) is 5.02 Å². The van der Waals surface area contributed by atoms with Gasteiger partial charge in [0.05, 0.1) is 6.04 Å². The van der Waals surface area contributed by atoms with Gasteiger partial charge in [0.2, 0.25) is 0 Å². The van der Waals surface area contributed by atoms with Gasteiger partial charge in [-0.25, -0.2) is 0 Å². The van der Waals surface area contributed by atoms with Crippen LogP contribution >= 0.6 is 11.6 Å². The average molecular weight is 274 g/mol. The third kappa shape index (κ3) is 2.54. The van der Waals surface area contributed by atoms with Crippen LogP contribution in [0.15, 0.2) is 30.3 Å². The lowest BCUT2D eigenvalue weighted by molar-refractivity contribution is 0.845. The van der Waals surface area contributed by atoms with Crippen molar-refractivity contribution < 1.29 is 0 Å². The average Bonchev–Trinajstić information content (AvgIpc) is 2.37. The number of halogens is 1. The molecule has 0 saturated carbocycles. The molecule has 0 heterocycles. The molecule has 2 rings (SSSR count). The summed E-state index contributed by atoms with van der Waals surface area (Å²) in [5, 5.41) is 0.730. The zero-order valence-electron chi connectivity index (χ0n) is 11.9. The first-order valence-corrected chi connectivity index (χ1v) is 6.88. The molecular weight excluding hydrogens is 254 g/mol. The van der Waals surface area contributed by atoms with Crippen molar-refractivity contribution >= 4 is 11.6 Å². The number of hydrogen-bond donors (Lipinski definition) is 1. The molecule has 0 saturated heterocycles. The molecule has 0 bridgehead atoms. The molecule has 19 heavy (non-hydrogen) atoms. The fraction of sp³-hybridized carbons (Fsp3) is 0.294. The van der Waals surface area contributed by atoms with E-state index < -0.39 is 0 Å². The van der Waals surface area contributed by atoms with Gasteiger partial charge in [0.25, 0.3) is 0 Å². The highest BCUT2D eigenvalue weighted by atomic mass is 35.5. The van der Waals surface area contributed by atoms with Crippen molar-refractivity contribution in [3.05, 3.63) is 68.7 Å². The van der Waals surface area contributed by atoms with Gasteiger partial charge in [-0.15, -0.1) is 0 Å². The Hall–Kier alpha value is -1.31. The Morgan fingerprint density at radius 3 is 2.00 bits per heavy atom. The van der Waals surface area contributed by atoms with Crippen molar-refractivity contribution in [2.75, 3.05) is 0 Å². The maximum Gasteiger partial charge on any atom is 0.0571 e. The predicted octanol–water partition coefficient (Wildman–Crippen LogP) is 4.62. The molecule has 0 fully saturated rings. The lowest BCUT2D eigenvalue weighted by atomic mass is 9.87. The summed E-state index contributed by atoms with van der Waals surface area (Å²) in [6.07, 6.45) is 0. The van der Waals surface area contributed by atoms with Gasteiger partial charge in [0.1, 0.15) is 0 Å². The van der Waals surface area contributed by atoms with Crippen LogP contribution in [0.2, 0.25) is 5.02 Å². The number of rotatable bonds is 2. The van der Waals surface area contributed by atoms with E-state index in [-0.39, 0.29) is 6.04 Å². The van der Waals surface area contributed by atoms with Crippen LogP contribution in [0.25, 0.3) is 0 Å². The van der Waals surface area contributed by atoms with Gasteiger partial charge in [0.15, 0.2) is 0 Å². The van der Waals surface area contributed by atoms with E-state index >= 15 is 0 Å². The highest BCUT2D eigenvalue weighted by molar-refractivity contribution is 6.31. The fourth-order valence-corrected chi connectivity index (χ4v) is 2.85. The van der Waals surface area contributed by atoms with Crippen LogP contribution < -0.4 is 5.73 Å². The Morgan fingerprint density at radius 1 is 0.947 bits per heavy atom. The standard InChI is InChI=1S/C17H20ClN/c1-10-9-11(2)13(4)16(12(10)3)17(19)14-7-5-6-8-15(14)18/h5-9,17H,19H2,1-4H3. The summed E-state index contributed by atoms with van der Waals surface area (Å²) in [5.41, 5.74) is 13.7. The lowest BCUT2D eigenvalue weighted by Gasteiger charge is -2.22. The summed E-state index contributed by atoms with van der Waals surface area (Å²) in [7, 11) is 0. The molecule has 1 nitrogen and oxygen atoms in total. The van der Waals surface area contributed by atoms with Crippen molar-refractivity contribution in [3.8, 4) is 0 Å². The van der Waals surface area contributed by atoms with E-state index in [0.717, 1.165) is 10.6 Å². The minimum Gasteiger partial charge on any atom is -0.320 e. The minimum absolute atomic E-state index is 0.174. The molecule has 1 unspecified atom stereocenters. The molecule has 100 valence electrons. The molecule has 1 atom stereocenters. The molecule has 2 aromatic carbocycles. The van der Waals surface area contributed by atoms with E-state index in [1.807, 2.05) is 24.3 Å². The second-order valence-electron chi connectivity index (χ2n) is 5.17. The predicted molar refractivity (Wildman–Crippen MR) is 82.9 cm³/mol. The van der Waals surface area contributed by atoms with E-state index in [1.54, 1.807) is 0 Å². The quantitative estimate of drug-likeness (QED) is 0.849. The number of hydrogen-bond acceptors (Lipinski definition) is 1. The summed E-state index contributed by atoms with van der Waals surface area (Å²) in [6, 6.07) is 9.85. The summed E-state index contributed by atoms with van der Waals surface area (Å²) >= 11 is 6.27. The fourth-order valence-electron chi connectivity index (χ4n) is 2.60. The van der Waals surface area contributed by atoms with Gasteiger partial charge in [-0.1, -0.05) is 35.9 Å². The lowest BCUT2D eigenvalue weighted by Crippen LogP contribution is -2.16. The maximum absolute atomic E-state index is 6.47. The van der Waals surface area contributed by atoms with Gasteiger partial charge in [-0.05, 0) is 67.1 Å². The smallest absolute Gasteiger partial charge is 0.0571 e. The van der Waals surface area contributed by atoms with Crippen LogP contribution in [0.3, 0.4) is 0 Å². The zero-order chi connectivity index (χ0) is 14.2. The van der Waals surface area contributed by atoms with Gasteiger partial charge in [-0.3, -0.25) is 0 Å². The molecule has 2 aromatic rings. The number of benzene rings is 2. The first-order valence-electron chi connectivity index (χ1n) is 6.50. The highest BCUT2D eigenvalue weighted by Gasteiger charge is 2.18. The van der Waals surface area contributed by atoms with E-state index in [9.17, 15) is 0 Å². The molecule has 0 aliphatic rings. The second-order valence-corrected chi connectivity index (χ2v) is 5.58. The maximum atomic E-state index is 6.47. The Bertz CT molecular complexity index is 591. The Morgan fingerprint density at radius 2 is 1.47 bits per heavy atom. The van der Waals surface area contributed by atoms with Crippen molar-refractivity contribution in [1.82, 2.24) is 0 Å². The minimum atomic E-state index is -0.174. The van der Waals surface area contributed by atoms with Gasteiger partial charge in [-0.2, -0.15) is 0 Å². The van der Waals surface area contributed by atoms with E-state index in [4.69, 9.17) is 17.3 Å². The molecular formula is C17H20ClN. The van der Waals surface area contributed by atoms with Crippen molar-refractivity contribution in [2.45, 2.75) is 33.7 Å². The number of nitrogens with two attached hydrogens (primary N) is 1. The molecule has 2 heteroatoms. The van der Waals surface area contributed by atoms with E-state index in [2.05, 4.69) is 33.8 Å². The summed E-state index contributed by atoms with van der Waals surface area (Å²) < 4.78 is 0. The SMILES string of the molecule is Cc1cc(C)c(C)c(C(N)c2ccccc2Cl)c1C. The Labute approximate surface area is 120 Å². The van der Waals surface area contributed by atoms with Crippen LogP contribution in [0, 0.1) is 27.7 Å². The third-order valence-corrected chi connectivity index (χ3v) is 4.32. The monoisotopic (exact) mass is 273 g/mol. The molecule has 0 aromatic heterocycles. The largest absolute Gasteiger partial charge is 0.320 e. The van der Waals surface area contributed by atoms with Crippen molar-refractivity contribution in [2.24, 2.45) is 5.73 Å². The third-order valence-electron chi connectivity index (χ3n) is 3.98. The van der Waals surface area contributed by atoms with Crippen LogP contribution in [-0.2, 0) is 0 Å². The summed E-state index contributed by atoms with van der Waals surface area (Å²) in [5.74, 6) is 0. The summed E-state index contributed by atoms with van der Waals surface area (Å²) in [6.45, 7) is 8.52. The first-order chi connectivity index (χ1) is 8.93. The molecule has 2 N–H and O–H groups in total. The van der Waals surface area contributed by atoms with Crippen LogP contribution in [-0.4, -0.2) is 0 Å². The first kappa shape index (κ1) is 14.1. The molecule has 0 aliphatic carbocycles. The van der Waals surface area contributed by atoms with Crippen molar-refractivity contribution in [3.63, 3.8) is 0 Å². The Kier molecular flexibility index (Phi) is 3.98. The van der Waals surface area contributed by atoms with Crippen LogP contribution in [0.4, 0.5) is 0 Å². The molecule has 0 amide bonds. The Balaban J connectivity index is 2.63. The topological polar surface area (TPSA) is 26.0 Å². The van der Waals surface area contributed by atoms with E-state index in [1.165, 1.54) is 27.8 Å². The zero-order valence-corrected chi connectivity index (χ0v) is 12.7. The second kappa shape index (κ2) is 5.36. The van der Waals surface area contributed by atoms with E-state index in [0.29, 0.717) is 0 Å². The van der Waals surface area contributed by atoms with Gasteiger partial charge < -0.3 is 5.73 Å². The van der Waals surface area contributed by atoms with Crippen LogP contribution in [0.5, 0.6) is 0 Å². The normalized spacial score (nSPS) is 12.5. The molecule has 0 spiro atoms.